The molecule has 0 fully saturated rings. The van der Waals surface area contributed by atoms with Crippen molar-refractivity contribution in [1.29, 1.82) is 0 Å². The van der Waals surface area contributed by atoms with Crippen LogP contribution in [0.1, 0.15) is 23.0 Å². The summed E-state index contributed by atoms with van der Waals surface area (Å²) >= 11 is 0. The molecule has 7 nitrogen and oxygen atoms in total. The molecule has 0 spiro atoms. The van der Waals surface area contributed by atoms with Gasteiger partial charge in [-0.25, -0.2) is 4.98 Å². The lowest BCUT2D eigenvalue weighted by atomic mass is 10.3. The average Bonchev–Trinajstić information content (AvgIpc) is 2.58. The SMILES string of the molecule is C1Cc2nnnc1n2.Cc1cc(C)nnn1. The Morgan fingerprint density at radius 2 is 1.31 bits per heavy atom. The Hall–Kier alpha value is -2.05. The number of aromatic nitrogens is 7. The zero-order valence-corrected chi connectivity index (χ0v) is 9.12. The fourth-order valence-electron chi connectivity index (χ4n) is 1.28. The number of fused-ring (bicyclic) bond motifs is 2. The first-order valence-corrected chi connectivity index (χ1v) is 4.93. The van der Waals surface area contributed by atoms with Crippen molar-refractivity contribution in [2.45, 2.75) is 26.7 Å². The second-order valence-electron chi connectivity index (χ2n) is 3.45. The van der Waals surface area contributed by atoms with Crippen LogP contribution in [0.2, 0.25) is 0 Å². The van der Waals surface area contributed by atoms with Gasteiger partial charge in [0.2, 0.25) is 0 Å². The largest absolute Gasteiger partial charge is 0.214 e. The van der Waals surface area contributed by atoms with E-state index in [1.54, 1.807) is 0 Å². The normalized spacial score (nSPS) is 11.9. The minimum absolute atomic E-state index is 0.829. The Morgan fingerprint density at radius 1 is 0.812 bits per heavy atom. The van der Waals surface area contributed by atoms with E-state index >= 15 is 0 Å². The molecule has 3 rings (SSSR count). The molecule has 1 aliphatic heterocycles. The number of hydrogen-bond donors (Lipinski definition) is 0. The maximum Gasteiger partial charge on any atom is 0.155 e. The third-order valence-corrected chi connectivity index (χ3v) is 1.97. The van der Waals surface area contributed by atoms with Crippen LogP contribution in [0.5, 0.6) is 0 Å². The van der Waals surface area contributed by atoms with Crippen LogP contribution in [0.25, 0.3) is 0 Å². The van der Waals surface area contributed by atoms with Crippen LogP contribution in [0, 0.1) is 13.8 Å². The quantitative estimate of drug-likeness (QED) is 0.606. The maximum atomic E-state index is 4.00. The summed E-state index contributed by atoms with van der Waals surface area (Å²) in [7, 11) is 0. The fourth-order valence-corrected chi connectivity index (χ4v) is 1.28. The van der Waals surface area contributed by atoms with E-state index in [0.29, 0.717) is 0 Å². The third kappa shape index (κ3) is 2.72. The van der Waals surface area contributed by atoms with E-state index < -0.39 is 0 Å². The van der Waals surface area contributed by atoms with E-state index in [4.69, 9.17) is 0 Å². The van der Waals surface area contributed by atoms with Gasteiger partial charge in [0.1, 0.15) is 0 Å². The van der Waals surface area contributed by atoms with Gasteiger partial charge in [-0.1, -0.05) is 0 Å². The van der Waals surface area contributed by atoms with Gasteiger partial charge in [0, 0.05) is 12.8 Å². The molecule has 0 aliphatic carbocycles. The zero-order chi connectivity index (χ0) is 11.4. The van der Waals surface area contributed by atoms with Gasteiger partial charge < -0.3 is 0 Å². The molecule has 0 aromatic carbocycles. The molecule has 1 aliphatic rings. The van der Waals surface area contributed by atoms with E-state index in [1.165, 1.54) is 0 Å². The Bertz CT molecular complexity index is 448. The number of nitrogens with zero attached hydrogens (tertiary/aromatic N) is 7. The Balaban J connectivity index is 0.000000120. The first-order valence-electron chi connectivity index (χ1n) is 4.93. The van der Waals surface area contributed by atoms with Crippen molar-refractivity contribution in [3.05, 3.63) is 29.1 Å². The molecule has 0 amide bonds. The minimum atomic E-state index is 0.829. The van der Waals surface area contributed by atoms with Gasteiger partial charge in [0.15, 0.2) is 11.6 Å². The Labute approximate surface area is 92.4 Å². The highest BCUT2D eigenvalue weighted by Crippen LogP contribution is 2.02. The maximum absolute atomic E-state index is 4.00. The van der Waals surface area contributed by atoms with Crippen molar-refractivity contribution < 1.29 is 0 Å². The van der Waals surface area contributed by atoms with Gasteiger partial charge in [-0.2, -0.15) is 0 Å². The van der Waals surface area contributed by atoms with E-state index in [0.717, 1.165) is 35.9 Å². The number of rotatable bonds is 0. The summed E-state index contributed by atoms with van der Waals surface area (Å²) in [5.74, 6) is 1.66. The van der Waals surface area contributed by atoms with Gasteiger partial charge in [0.25, 0.3) is 0 Å². The molecule has 2 bridgehead atoms. The monoisotopic (exact) mass is 217 g/mol. The second-order valence-corrected chi connectivity index (χ2v) is 3.45. The highest BCUT2D eigenvalue weighted by atomic mass is 15.4. The Morgan fingerprint density at radius 3 is 1.69 bits per heavy atom. The van der Waals surface area contributed by atoms with E-state index in [1.807, 2.05) is 19.9 Å². The van der Waals surface area contributed by atoms with Crippen molar-refractivity contribution >= 4 is 0 Å². The smallest absolute Gasteiger partial charge is 0.155 e. The van der Waals surface area contributed by atoms with Crippen LogP contribution in [0.4, 0.5) is 0 Å². The fraction of sp³-hybridized carbons (Fsp3) is 0.444. The predicted octanol–water partition coefficient (Wildman–Crippen LogP) is -0.146. The van der Waals surface area contributed by atoms with Gasteiger partial charge in [-0.15, -0.1) is 20.4 Å². The molecule has 0 saturated heterocycles. The molecule has 16 heavy (non-hydrogen) atoms. The number of aryl methyl sites for hydroxylation is 4. The zero-order valence-electron chi connectivity index (χ0n) is 9.12. The van der Waals surface area contributed by atoms with Gasteiger partial charge in [-0.3, -0.25) is 0 Å². The van der Waals surface area contributed by atoms with Crippen LogP contribution >= 0.6 is 0 Å². The van der Waals surface area contributed by atoms with Gasteiger partial charge in [0.05, 0.1) is 11.4 Å². The van der Waals surface area contributed by atoms with E-state index in [-0.39, 0.29) is 0 Å². The van der Waals surface area contributed by atoms with Crippen LogP contribution in [0.3, 0.4) is 0 Å². The summed E-state index contributed by atoms with van der Waals surface area (Å²) in [4.78, 5) is 4.00. The molecule has 0 radical (unpaired) electrons. The molecule has 0 unspecified atom stereocenters. The lowest BCUT2D eigenvalue weighted by Crippen LogP contribution is -1.92. The molecule has 0 atom stereocenters. The summed E-state index contributed by atoms with van der Waals surface area (Å²) in [6.07, 6.45) is 1.84. The van der Waals surface area contributed by atoms with Crippen LogP contribution in [-0.2, 0) is 12.8 Å². The minimum Gasteiger partial charge on any atom is -0.214 e. The van der Waals surface area contributed by atoms with E-state index in [9.17, 15) is 0 Å². The van der Waals surface area contributed by atoms with Crippen molar-refractivity contribution in [3.63, 3.8) is 0 Å². The highest BCUT2D eigenvalue weighted by molar-refractivity contribution is 5.00. The second kappa shape index (κ2) is 4.65. The topological polar surface area (TPSA) is 90.2 Å². The Kier molecular flexibility index (Phi) is 3.04. The lowest BCUT2D eigenvalue weighted by molar-refractivity contribution is 0.788. The molecule has 3 heterocycles. The van der Waals surface area contributed by atoms with Crippen molar-refractivity contribution in [2.75, 3.05) is 0 Å². The molecule has 0 N–H and O–H groups in total. The summed E-state index contributed by atoms with van der Waals surface area (Å²) in [5, 5.41) is 21.7. The van der Waals surface area contributed by atoms with Crippen LogP contribution in [-0.4, -0.2) is 35.8 Å². The molecule has 82 valence electrons. The average molecular weight is 217 g/mol. The van der Waals surface area contributed by atoms with Gasteiger partial charge >= 0.3 is 0 Å². The first kappa shape index (κ1) is 10.5. The van der Waals surface area contributed by atoms with E-state index in [2.05, 4.69) is 35.8 Å². The third-order valence-electron chi connectivity index (χ3n) is 1.97. The standard InChI is InChI=1S/C5H7N3.C4H4N4/c1-4-3-5(2)7-8-6-4;1-2-4-5-3(1)6-8-7-4/h3H,1-2H3;1-2H2. The molecule has 2 aromatic heterocycles. The summed E-state index contributed by atoms with van der Waals surface area (Å²) in [5.41, 5.74) is 1.83. The summed E-state index contributed by atoms with van der Waals surface area (Å²) in [6.45, 7) is 3.78. The highest BCUT2D eigenvalue weighted by Gasteiger charge is 2.09. The molecule has 7 heteroatoms. The van der Waals surface area contributed by atoms with Crippen molar-refractivity contribution in [3.8, 4) is 0 Å². The van der Waals surface area contributed by atoms with Crippen molar-refractivity contribution in [1.82, 2.24) is 35.8 Å². The lowest BCUT2D eigenvalue weighted by Gasteiger charge is -1.86. The molecular formula is C9H11N7. The predicted molar refractivity (Wildman–Crippen MR) is 54.3 cm³/mol. The summed E-state index contributed by atoms with van der Waals surface area (Å²) < 4.78 is 0. The number of hydrogen-bond acceptors (Lipinski definition) is 7. The van der Waals surface area contributed by atoms with Gasteiger partial charge in [-0.05, 0) is 30.3 Å². The van der Waals surface area contributed by atoms with Crippen LogP contribution < -0.4 is 0 Å². The molecule has 2 aromatic rings. The van der Waals surface area contributed by atoms with Crippen LogP contribution in [0.15, 0.2) is 6.07 Å². The van der Waals surface area contributed by atoms with Crippen molar-refractivity contribution in [2.24, 2.45) is 0 Å². The molecular weight excluding hydrogens is 206 g/mol. The first-order chi connectivity index (χ1) is 7.74. The molecule has 0 saturated carbocycles. The summed E-state index contributed by atoms with van der Waals surface area (Å²) in [6, 6.07) is 1.88.